The van der Waals surface area contributed by atoms with Crippen LogP contribution in [0.2, 0.25) is 5.02 Å². The molecule has 0 unspecified atom stereocenters. The lowest BCUT2D eigenvalue weighted by molar-refractivity contribution is -0.344. The van der Waals surface area contributed by atoms with Crippen LogP contribution < -0.4 is 85.3 Å². The summed E-state index contributed by atoms with van der Waals surface area (Å²) in [6.07, 6.45) is -1.81. The number of aliphatic hydroxyl groups excluding tert-OH is 1. The number of imide groups is 1. The Morgan fingerprint density at radius 3 is 1.55 bits per heavy atom. The van der Waals surface area contributed by atoms with E-state index < -0.39 is 168 Å². The number of fused-ring (bicyclic) bond motifs is 1. The molecule has 35 nitrogen and oxygen atoms in total. The van der Waals surface area contributed by atoms with E-state index in [0.29, 0.717) is 69.9 Å². The number of likely N-dealkylation sites (tertiary alicyclic amines) is 1. The van der Waals surface area contributed by atoms with E-state index in [0.717, 1.165) is 10.8 Å². The van der Waals surface area contributed by atoms with Crippen molar-refractivity contribution in [3.63, 3.8) is 0 Å². The van der Waals surface area contributed by atoms with Crippen LogP contribution in [0.1, 0.15) is 127 Å². The summed E-state index contributed by atoms with van der Waals surface area (Å²) in [5, 5.41) is 59.8. The number of amides is 16. The minimum Gasteiger partial charge on any atom is -0.542 e. The number of rotatable bonds is 42. The Labute approximate surface area is 724 Å². The first kappa shape index (κ1) is 99.3. The number of halogens is 4. The fraction of sp³-hybridized carbons (Fsp3) is 0.430. The van der Waals surface area contributed by atoms with Crippen LogP contribution in [0, 0.1) is 5.92 Å². The second-order valence-electron chi connectivity index (χ2n) is 31.2. The minimum absolute atomic E-state index is 0.00346. The molecule has 2 aliphatic heterocycles. The molecule has 0 radical (unpaired) electrons. The van der Waals surface area contributed by atoms with Gasteiger partial charge in [0.25, 0.3) is 0 Å². The van der Waals surface area contributed by atoms with Crippen molar-refractivity contribution in [2.24, 2.45) is 5.92 Å². The summed E-state index contributed by atoms with van der Waals surface area (Å²) < 4.78 is 31.5. The third-order valence-corrected chi connectivity index (χ3v) is 20.3. The van der Waals surface area contributed by atoms with Gasteiger partial charge in [-0.15, -0.1) is 0 Å². The third-order valence-electron chi connectivity index (χ3n) is 20.1. The van der Waals surface area contributed by atoms with Crippen molar-refractivity contribution in [2.45, 2.75) is 211 Å². The number of hydrogen-bond acceptors (Lipinski definition) is 20. The Balaban J connectivity index is 0.00000293. The van der Waals surface area contributed by atoms with Crippen molar-refractivity contribution in [3.8, 4) is 0 Å². The number of benzene rings is 5. The number of hydrogen-bond donors (Lipinski definition) is 16. The Morgan fingerprint density at radius 2 is 1.05 bits per heavy atom. The third kappa shape index (κ3) is 33.1. The van der Waals surface area contributed by atoms with Crippen molar-refractivity contribution in [1.29, 1.82) is 0 Å². The highest BCUT2D eigenvalue weighted by Crippen LogP contribution is 2.24. The molecule has 0 saturated carbocycles. The van der Waals surface area contributed by atoms with Gasteiger partial charge in [-0.3, -0.25) is 78.4 Å². The molecule has 5 aromatic carbocycles. The summed E-state index contributed by atoms with van der Waals surface area (Å²) in [4.78, 5) is 222. The molecule has 3 heterocycles. The maximum atomic E-state index is 15.5. The van der Waals surface area contributed by atoms with E-state index in [4.69, 9.17) is 21.5 Å². The topological polar surface area (TPSA) is 529 Å². The molecule has 2 saturated heterocycles. The van der Waals surface area contributed by atoms with Crippen LogP contribution in [0.3, 0.4) is 0 Å². The Hall–Kier alpha value is -12.8. The molecule has 8 rings (SSSR count). The van der Waals surface area contributed by atoms with E-state index in [9.17, 15) is 66.2 Å². The fourth-order valence-electron chi connectivity index (χ4n) is 13.6. The molecule has 0 aliphatic carbocycles. The summed E-state index contributed by atoms with van der Waals surface area (Å²) in [7, 11) is 0. The Bertz CT molecular complexity index is 4790. The summed E-state index contributed by atoms with van der Waals surface area (Å²) in [6.45, 7) is 11.2. The molecular formula is C86H107ClF3N17O18. The zero-order chi connectivity index (χ0) is 91.8. The van der Waals surface area contributed by atoms with Gasteiger partial charge >= 0.3 is 18.1 Å². The normalized spacial score (nSPS) is 15.8. The van der Waals surface area contributed by atoms with Gasteiger partial charge in [0.05, 0.1) is 13.0 Å². The summed E-state index contributed by atoms with van der Waals surface area (Å²) in [5.74, 6) is -13.7. The zero-order valence-electron chi connectivity index (χ0n) is 70.1. The van der Waals surface area contributed by atoms with Crippen molar-refractivity contribution in [2.75, 3.05) is 25.0 Å². The number of quaternary nitrogens is 1. The number of nitrogens with zero attached hydrogens (tertiary/aromatic N) is 2. The van der Waals surface area contributed by atoms with Crippen LogP contribution >= 0.6 is 11.6 Å². The van der Waals surface area contributed by atoms with Crippen molar-refractivity contribution in [3.05, 3.63) is 178 Å². The lowest BCUT2D eigenvalue weighted by atomic mass is 9.99. The SMILES string of the molecule is CC(=O)Nc1ccc(C[C@@H](NC(=O)[C@H](Cc2ccc(CNC(=O)[C@@H]3CC(=O)NC(=O)N3)cc2)NC(=O)[C@H](CO)NC(=O)[C@@H](Cc2cccnc2)NC(=O)[C@@H](Cc2ccc(Cl)cc2)NC(=O)[C@@H](Cc2ccc3ccccc3c2)NC(C)=O)C(=O)N[C@@H](CC(C)C)C(=O)N[C@@H](CCCCNC(C)C)C(=O)N2CCC[C@H]2C(=O)N[C@H](C)C([NH3+])=O)cc1.O=C([O-])C(F)(F)F. The number of unbranched alkanes of at least 4 members (excludes halogenated alkanes) is 1. The number of aliphatic carboxylic acids is 1. The van der Waals surface area contributed by atoms with Crippen LogP contribution in [0.25, 0.3) is 10.8 Å². The van der Waals surface area contributed by atoms with Gasteiger partial charge in [0, 0.05) is 88.2 Å². The number of pyridine rings is 1. The quantitative estimate of drug-likeness (QED) is 0.0228. The highest BCUT2D eigenvalue weighted by molar-refractivity contribution is 6.30. The number of carboxylic acid groups (broad SMARTS) is 1. The largest absolute Gasteiger partial charge is 0.542 e. The van der Waals surface area contributed by atoms with Gasteiger partial charge in [0.15, 0.2) is 0 Å². The van der Waals surface area contributed by atoms with E-state index in [2.05, 4.69) is 85.2 Å². The molecule has 0 bridgehead atoms. The first-order valence-electron chi connectivity index (χ1n) is 40.6. The van der Waals surface area contributed by atoms with E-state index in [1.165, 1.54) is 38.1 Å². The Kier molecular flexibility index (Phi) is 38.4. The molecule has 125 heavy (non-hydrogen) atoms. The molecule has 18 N–H and O–H groups in total. The highest BCUT2D eigenvalue weighted by Gasteiger charge is 2.41. The molecular weight excluding hydrogens is 1650 g/mol. The lowest BCUT2D eigenvalue weighted by Gasteiger charge is -2.31. The number of carbonyl (C=O) groups excluding carboxylic acids is 16. The molecule has 16 amide bonds. The van der Waals surface area contributed by atoms with Crippen LogP contribution in [-0.4, -0.2) is 208 Å². The molecule has 6 aromatic rings. The number of alkyl halides is 3. The highest BCUT2D eigenvalue weighted by atomic mass is 35.5. The minimum atomic E-state index is -5.19. The second-order valence-corrected chi connectivity index (χ2v) is 31.6. The number of carbonyl (C=O) groups is 16. The van der Waals surface area contributed by atoms with Gasteiger partial charge in [0.1, 0.15) is 72.4 Å². The van der Waals surface area contributed by atoms with Gasteiger partial charge in [0.2, 0.25) is 76.8 Å². The van der Waals surface area contributed by atoms with Crippen molar-refractivity contribution >= 4 is 123 Å². The van der Waals surface area contributed by atoms with Gasteiger partial charge < -0.3 is 89.0 Å². The van der Waals surface area contributed by atoms with Gasteiger partial charge in [-0.05, 0) is 132 Å². The average molecular weight is 1760 g/mol. The molecule has 2 aliphatic rings. The number of aromatic nitrogens is 1. The summed E-state index contributed by atoms with van der Waals surface area (Å²) >= 11 is 6.28. The number of anilines is 1. The zero-order valence-corrected chi connectivity index (χ0v) is 70.9. The van der Waals surface area contributed by atoms with Crippen LogP contribution in [0.5, 0.6) is 0 Å². The number of aliphatic hydroxyl groups is 1. The van der Waals surface area contributed by atoms with Crippen LogP contribution in [0.4, 0.5) is 23.7 Å². The van der Waals surface area contributed by atoms with E-state index in [1.807, 2.05) is 56.3 Å². The van der Waals surface area contributed by atoms with Gasteiger partial charge in [-0.1, -0.05) is 136 Å². The first-order chi connectivity index (χ1) is 59.2. The van der Waals surface area contributed by atoms with E-state index in [-0.39, 0.29) is 88.7 Å². The first-order valence-corrected chi connectivity index (χ1v) is 41.0. The number of carboxylic acids is 1. The smallest absolute Gasteiger partial charge is 0.430 e. The molecule has 11 atom stereocenters. The van der Waals surface area contributed by atoms with Gasteiger partial charge in [-0.2, -0.15) is 13.2 Å². The standard InChI is InChI=1S/C84H106ClN17O16.C2HF3O2/c1-47(2)36-63(75(109)93-62(17-10-11-34-88-48(3)4)83(117)102-35-13-18-71(102)82(116)90-49(5)73(86)107)94-77(111)66(40-54-26-31-61(32-27-54)91-50(6)104)96-79(113)67(38-52-19-21-55(22-20-52)45-89-74(108)69-43-72(106)101-84(118)100-69)98-81(115)70(46-103)99-80(114)68(42-57-14-12-33-87-44-57)97-78(112)65(39-53-24-29-60(85)30-25-53)95-76(110)64(92-51(7)105)41-56-23-28-58-15-8-9-16-59(58)37-56;3-2(4,5)1(6)7/h8-9,12,14-16,19-33,37,44,47-49,62-71,88,103H,10-11,13,17-18,34-36,38-43,45-46H2,1-7H3,(H2,86,107)(H,89,108)(H,90,116)(H,91,104)(H,92,105)(H,93,109)(H,94,111)(H,95,110)(H,96,113)(H,97,112)(H,98,115)(H,99,114)(H2,100,101,106,118);(H,6,7)/t49-,62+,63+,64-,65-,66-,67+,68-,69+,70+,71+;/m1./s1. The van der Waals surface area contributed by atoms with Crippen molar-refractivity contribution in [1.82, 2.24) is 79.0 Å². The number of urea groups is 1. The van der Waals surface area contributed by atoms with E-state index >= 15 is 24.0 Å². The predicted octanol–water partition coefficient (Wildman–Crippen LogP) is 0.242. The van der Waals surface area contributed by atoms with Crippen LogP contribution in [-0.2, 0) is 111 Å². The molecule has 672 valence electrons. The number of nitrogens with one attached hydrogen (secondary N) is 14. The van der Waals surface area contributed by atoms with Gasteiger partial charge in [-0.25, -0.2) is 9.59 Å². The molecule has 0 spiro atoms. The maximum Gasteiger partial charge on any atom is 0.430 e. The summed E-state index contributed by atoms with van der Waals surface area (Å²) in [5.41, 5.74) is 6.72. The summed E-state index contributed by atoms with van der Waals surface area (Å²) in [6, 6.07) is 19.6. The average Bonchev–Trinajstić information content (AvgIpc) is 1.78. The molecule has 39 heteroatoms. The molecule has 2 fully saturated rings. The Morgan fingerprint density at radius 1 is 0.568 bits per heavy atom. The molecule has 1 aromatic heterocycles. The maximum absolute atomic E-state index is 15.5. The van der Waals surface area contributed by atoms with Crippen molar-refractivity contribution < 1.29 is 106 Å². The predicted molar refractivity (Wildman–Crippen MR) is 448 cm³/mol. The lowest BCUT2D eigenvalue weighted by Crippen LogP contribution is -2.66. The van der Waals surface area contributed by atoms with E-state index in [1.54, 1.807) is 98.8 Å². The second kappa shape index (κ2) is 48.3. The fourth-order valence-corrected chi connectivity index (χ4v) is 13.7. The van der Waals surface area contributed by atoms with Crippen LogP contribution in [0.15, 0.2) is 140 Å². The monoisotopic (exact) mass is 1760 g/mol.